The lowest BCUT2D eigenvalue weighted by Gasteiger charge is -2.28. The van der Waals surface area contributed by atoms with Crippen LogP contribution in [0.3, 0.4) is 0 Å². The highest BCUT2D eigenvalue weighted by atomic mass is 16.4. The van der Waals surface area contributed by atoms with E-state index < -0.39 is 0 Å². The fourth-order valence-corrected chi connectivity index (χ4v) is 3.13. The minimum Gasteiger partial charge on any atom is -0.421 e. The summed E-state index contributed by atoms with van der Waals surface area (Å²) in [5, 5.41) is 8.12. The third-order valence-electron chi connectivity index (χ3n) is 4.52. The van der Waals surface area contributed by atoms with E-state index in [9.17, 15) is 4.79 Å². The number of hydrogen-bond donors (Lipinski definition) is 0. The Morgan fingerprint density at radius 3 is 2.60 bits per heavy atom. The Hall–Kier alpha value is -2.95. The van der Waals surface area contributed by atoms with E-state index in [1.807, 2.05) is 41.3 Å². The van der Waals surface area contributed by atoms with E-state index in [1.54, 1.807) is 0 Å². The number of nitrogens with zero attached hydrogens (tertiary/aromatic N) is 3. The van der Waals surface area contributed by atoms with E-state index in [1.165, 1.54) is 11.1 Å². The molecule has 0 aliphatic carbocycles. The minimum atomic E-state index is 0.133. The summed E-state index contributed by atoms with van der Waals surface area (Å²) in [5.74, 6) is 1.13. The molecule has 0 saturated carbocycles. The van der Waals surface area contributed by atoms with Crippen molar-refractivity contribution in [2.24, 2.45) is 0 Å². The van der Waals surface area contributed by atoms with Crippen molar-refractivity contribution < 1.29 is 9.21 Å². The highest BCUT2D eigenvalue weighted by Gasteiger charge is 2.20. The van der Waals surface area contributed by atoms with Gasteiger partial charge in [-0.25, -0.2) is 0 Å². The molecule has 3 aromatic rings. The van der Waals surface area contributed by atoms with Gasteiger partial charge in [0.15, 0.2) is 0 Å². The van der Waals surface area contributed by atoms with E-state index in [0.717, 1.165) is 18.5 Å². The topological polar surface area (TPSA) is 59.2 Å². The first-order valence-corrected chi connectivity index (χ1v) is 8.52. The number of aromatic nitrogens is 2. The Kier molecular flexibility index (Phi) is 4.29. The maximum Gasteiger partial charge on any atom is 0.247 e. The average molecular weight is 333 g/mol. The molecule has 1 aliphatic heterocycles. The van der Waals surface area contributed by atoms with Crippen LogP contribution in [0.25, 0.3) is 11.5 Å². The second-order valence-electron chi connectivity index (χ2n) is 6.20. The lowest BCUT2D eigenvalue weighted by molar-refractivity contribution is -0.132. The number of amides is 1. The monoisotopic (exact) mass is 333 g/mol. The number of carbonyl (C=O) groups is 1. The van der Waals surface area contributed by atoms with Crippen LogP contribution in [0.5, 0.6) is 0 Å². The third-order valence-corrected chi connectivity index (χ3v) is 4.52. The van der Waals surface area contributed by atoms with E-state index in [-0.39, 0.29) is 5.91 Å². The van der Waals surface area contributed by atoms with Gasteiger partial charge in [0.2, 0.25) is 17.7 Å². The fraction of sp³-hybridized carbons (Fsp3) is 0.250. The van der Waals surface area contributed by atoms with Crippen LogP contribution in [0.4, 0.5) is 0 Å². The molecule has 2 aromatic carbocycles. The number of benzene rings is 2. The molecule has 1 aliphatic rings. The summed E-state index contributed by atoms with van der Waals surface area (Å²) in [6.07, 6.45) is 1.77. The zero-order chi connectivity index (χ0) is 17.1. The van der Waals surface area contributed by atoms with Gasteiger partial charge >= 0.3 is 0 Å². The molecule has 0 bridgehead atoms. The van der Waals surface area contributed by atoms with Gasteiger partial charge in [-0.2, -0.15) is 0 Å². The largest absolute Gasteiger partial charge is 0.421 e. The molecule has 0 spiro atoms. The van der Waals surface area contributed by atoms with Crippen LogP contribution in [-0.2, 0) is 24.2 Å². The van der Waals surface area contributed by atoms with E-state index in [4.69, 9.17) is 4.42 Å². The Bertz CT molecular complexity index is 873. The second kappa shape index (κ2) is 6.89. The third kappa shape index (κ3) is 3.45. The molecule has 4 rings (SSSR count). The number of rotatable bonds is 4. The molecule has 2 heterocycles. The van der Waals surface area contributed by atoms with Crippen molar-refractivity contribution in [2.75, 3.05) is 6.54 Å². The van der Waals surface area contributed by atoms with Crippen LogP contribution < -0.4 is 0 Å². The number of fused-ring (bicyclic) bond motifs is 1. The summed E-state index contributed by atoms with van der Waals surface area (Å²) in [6.45, 7) is 1.46. The zero-order valence-corrected chi connectivity index (χ0v) is 13.9. The number of carbonyl (C=O) groups excluding carboxylic acids is 1. The van der Waals surface area contributed by atoms with Gasteiger partial charge in [0.25, 0.3) is 0 Å². The molecule has 0 radical (unpaired) electrons. The second-order valence-corrected chi connectivity index (χ2v) is 6.20. The highest BCUT2D eigenvalue weighted by Crippen LogP contribution is 2.20. The Balaban J connectivity index is 1.36. The number of aryl methyl sites for hydroxylation is 1. The quantitative estimate of drug-likeness (QED) is 0.735. The molecule has 1 aromatic heterocycles. The van der Waals surface area contributed by atoms with Gasteiger partial charge < -0.3 is 9.32 Å². The van der Waals surface area contributed by atoms with Crippen molar-refractivity contribution >= 4 is 5.91 Å². The first-order chi connectivity index (χ1) is 12.3. The fourth-order valence-electron chi connectivity index (χ4n) is 3.13. The first kappa shape index (κ1) is 15.6. The van der Waals surface area contributed by atoms with E-state index in [0.29, 0.717) is 31.2 Å². The standard InChI is InChI=1S/C20H19N3O2/c24-19(23-13-12-15-6-4-5-9-17(15)14-23)11-10-18-21-22-20(25-18)16-7-2-1-3-8-16/h1-9H,10-14H2. The normalized spacial score (nSPS) is 13.5. The molecule has 5 heteroatoms. The van der Waals surface area contributed by atoms with Gasteiger partial charge in [0, 0.05) is 31.5 Å². The Morgan fingerprint density at radius 1 is 1.00 bits per heavy atom. The molecule has 5 nitrogen and oxygen atoms in total. The molecule has 126 valence electrons. The lowest BCUT2D eigenvalue weighted by Crippen LogP contribution is -2.36. The molecule has 25 heavy (non-hydrogen) atoms. The molecular weight excluding hydrogens is 314 g/mol. The molecule has 0 fully saturated rings. The van der Waals surface area contributed by atoms with Crippen LogP contribution in [0.1, 0.15) is 23.4 Å². The molecule has 0 atom stereocenters. The van der Waals surface area contributed by atoms with Crippen molar-refractivity contribution in [3.63, 3.8) is 0 Å². The zero-order valence-electron chi connectivity index (χ0n) is 13.9. The van der Waals surface area contributed by atoms with Gasteiger partial charge in [-0.15, -0.1) is 10.2 Å². The van der Waals surface area contributed by atoms with Crippen molar-refractivity contribution in [3.05, 3.63) is 71.6 Å². The van der Waals surface area contributed by atoms with Gasteiger partial charge in [-0.05, 0) is 29.7 Å². The smallest absolute Gasteiger partial charge is 0.247 e. The SMILES string of the molecule is O=C(CCc1nnc(-c2ccccc2)o1)N1CCc2ccccc2C1. The minimum absolute atomic E-state index is 0.133. The van der Waals surface area contributed by atoms with Crippen molar-refractivity contribution in [1.82, 2.24) is 15.1 Å². The van der Waals surface area contributed by atoms with Crippen molar-refractivity contribution in [1.29, 1.82) is 0 Å². The van der Waals surface area contributed by atoms with Crippen LogP contribution >= 0.6 is 0 Å². The predicted octanol–water partition coefficient (Wildman–Crippen LogP) is 3.25. The van der Waals surface area contributed by atoms with Gasteiger partial charge in [-0.3, -0.25) is 4.79 Å². The highest BCUT2D eigenvalue weighted by molar-refractivity contribution is 5.76. The van der Waals surface area contributed by atoms with Crippen molar-refractivity contribution in [3.8, 4) is 11.5 Å². The van der Waals surface area contributed by atoms with E-state index >= 15 is 0 Å². The average Bonchev–Trinajstić information content (AvgIpc) is 3.15. The van der Waals surface area contributed by atoms with Crippen molar-refractivity contribution in [2.45, 2.75) is 25.8 Å². The van der Waals surface area contributed by atoms with Crippen LogP contribution in [-0.4, -0.2) is 27.5 Å². The van der Waals surface area contributed by atoms with Crippen LogP contribution in [0.15, 0.2) is 59.0 Å². The first-order valence-electron chi connectivity index (χ1n) is 8.52. The molecular formula is C20H19N3O2. The van der Waals surface area contributed by atoms with E-state index in [2.05, 4.69) is 28.4 Å². The van der Waals surface area contributed by atoms with Gasteiger partial charge in [0.1, 0.15) is 0 Å². The maximum atomic E-state index is 12.5. The molecule has 0 N–H and O–H groups in total. The molecule has 0 saturated heterocycles. The molecule has 0 unspecified atom stereocenters. The Morgan fingerprint density at radius 2 is 1.76 bits per heavy atom. The summed E-state index contributed by atoms with van der Waals surface area (Å²) in [4.78, 5) is 14.4. The summed E-state index contributed by atoms with van der Waals surface area (Å²) >= 11 is 0. The molecule has 1 amide bonds. The van der Waals surface area contributed by atoms with Crippen LogP contribution in [0.2, 0.25) is 0 Å². The van der Waals surface area contributed by atoms with Gasteiger partial charge in [0.05, 0.1) is 0 Å². The summed E-state index contributed by atoms with van der Waals surface area (Å²) in [6, 6.07) is 18.0. The predicted molar refractivity (Wildman–Crippen MR) is 93.6 cm³/mol. The Labute approximate surface area is 146 Å². The van der Waals surface area contributed by atoms with Gasteiger partial charge in [-0.1, -0.05) is 42.5 Å². The lowest BCUT2D eigenvalue weighted by atomic mass is 9.99. The van der Waals surface area contributed by atoms with Crippen LogP contribution in [0, 0.1) is 0 Å². The number of hydrogen-bond acceptors (Lipinski definition) is 4. The summed E-state index contributed by atoms with van der Waals surface area (Å²) in [5.41, 5.74) is 3.47. The summed E-state index contributed by atoms with van der Waals surface area (Å²) < 4.78 is 5.67. The summed E-state index contributed by atoms with van der Waals surface area (Å²) in [7, 11) is 0. The maximum absolute atomic E-state index is 12.5.